The van der Waals surface area contributed by atoms with E-state index in [1.54, 1.807) is 0 Å². The molecular formula is C14H18N3Na5O10. The number of nitrogens with one attached hydrogen (secondary N) is 1. The van der Waals surface area contributed by atoms with Gasteiger partial charge < -0.3 is 60.6 Å². The molecule has 0 bridgehead atoms. The van der Waals surface area contributed by atoms with Gasteiger partial charge in [-0.2, -0.15) is 0 Å². The molecule has 0 saturated carbocycles. The first-order chi connectivity index (χ1) is 12.4. The quantitative estimate of drug-likeness (QED) is 0.197. The van der Waals surface area contributed by atoms with Gasteiger partial charge in [-0.15, -0.1) is 0 Å². The fraction of sp³-hybridized carbons (Fsp3) is 0.643. The molecule has 0 aromatic heterocycles. The summed E-state index contributed by atoms with van der Waals surface area (Å²) < 4.78 is 0. The van der Waals surface area contributed by atoms with E-state index in [2.05, 4.69) is 5.32 Å². The summed E-state index contributed by atoms with van der Waals surface area (Å²) in [6.07, 6.45) is -3.47. The Kier molecular flexibility index (Phi) is 36.9. The van der Waals surface area contributed by atoms with Crippen LogP contribution in [0.1, 0.15) is 19.3 Å². The van der Waals surface area contributed by atoms with Crippen molar-refractivity contribution < 1.29 is 197 Å². The molecule has 0 aliphatic rings. The van der Waals surface area contributed by atoms with Crippen LogP contribution >= 0.6 is 0 Å². The van der Waals surface area contributed by atoms with E-state index in [1.807, 2.05) is 0 Å². The van der Waals surface area contributed by atoms with Gasteiger partial charge in [0.15, 0.2) is 0 Å². The topological polar surface area (TPSA) is 242 Å². The number of aliphatic carboxylic acids is 5. The molecule has 18 heteroatoms. The van der Waals surface area contributed by atoms with Gasteiger partial charge in [-0.1, -0.05) is 0 Å². The number of carbonyl (C=O) groups excluding carboxylic acids is 5. The van der Waals surface area contributed by atoms with Crippen molar-refractivity contribution in [1.82, 2.24) is 10.2 Å². The van der Waals surface area contributed by atoms with E-state index >= 15 is 0 Å². The first-order valence-electron chi connectivity index (χ1n) is 7.62. The minimum Gasteiger partial charge on any atom is -0.550 e. The number of nitrogens with zero attached hydrogens (tertiary/aromatic N) is 1. The van der Waals surface area contributed by atoms with Gasteiger partial charge in [-0.05, 0) is 0 Å². The molecule has 1 unspecified atom stereocenters. The smallest absolute Gasteiger partial charge is 0.550 e. The zero-order chi connectivity index (χ0) is 21.2. The summed E-state index contributed by atoms with van der Waals surface area (Å²) in [5, 5.41) is 58.1. The molecule has 0 rings (SSSR count). The van der Waals surface area contributed by atoms with Gasteiger partial charge in [-0.3, -0.25) is 4.90 Å². The molecule has 0 amide bonds. The van der Waals surface area contributed by atoms with Crippen molar-refractivity contribution in [3.63, 3.8) is 0 Å². The van der Waals surface area contributed by atoms with E-state index in [0.29, 0.717) is 4.90 Å². The SMILES string of the molecule is NCCNC(CC(=O)[O-])C(CC(=O)[O-])(CC(=O)[O-])N(CC(=O)[O-])CC(=O)[O-].[Na+].[Na+].[Na+].[Na+].[Na+]. The van der Waals surface area contributed by atoms with E-state index in [0.717, 1.165) is 0 Å². The molecular weight excluding hydrogens is 485 g/mol. The normalized spacial score (nSPS) is 10.6. The van der Waals surface area contributed by atoms with Crippen LogP contribution in [0.25, 0.3) is 0 Å². The summed E-state index contributed by atoms with van der Waals surface area (Å²) in [5.74, 6) is -9.27. The first kappa shape index (κ1) is 47.4. The Labute approximate surface area is 295 Å². The van der Waals surface area contributed by atoms with E-state index in [4.69, 9.17) is 5.73 Å². The van der Waals surface area contributed by atoms with Crippen LogP contribution < -0.4 is 184 Å². The van der Waals surface area contributed by atoms with Crippen molar-refractivity contribution in [1.29, 1.82) is 0 Å². The summed E-state index contributed by atoms with van der Waals surface area (Å²) in [7, 11) is 0. The number of carbonyl (C=O) groups is 5. The van der Waals surface area contributed by atoms with Crippen molar-refractivity contribution >= 4 is 29.8 Å². The molecule has 0 radical (unpaired) electrons. The molecule has 3 N–H and O–H groups in total. The second-order valence-corrected chi connectivity index (χ2v) is 5.67. The fourth-order valence-electron chi connectivity index (χ4n) is 2.81. The molecule has 0 aromatic carbocycles. The van der Waals surface area contributed by atoms with E-state index < -0.39 is 73.8 Å². The molecule has 0 aliphatic heterocycles. The summed E-state index contributed by atoms with van der Waals surface area (Å²) in [5.41, 5.74) is 2.89. The summed E-state index contributed by atoms with van der Waals surface area (Å²) in [6, 6.07) is -1.60. The summed E-state index contributed by atoms with van der Waals surface area (Å²) >= 11 is 0. The largest absolute Gasteiger partial charge is 1.00 e. The third-order valence-electron chi connectivity index (χ3n) is 3.73. The van der Waals surface area contributed by atoms with Gasteiger partial charge in [0.05, 0.1) is 11.9 Å². The standard InChI is InChI=1S/C14H23N3O10.5Na/c15-1-2-16-8(3-9(18)19)14(4-10(20)21,5-11(22)23)17(6-12(24)25)7-13(26)27;;;;;/h8,16H,1-7,15H2,(H,18,19)(H,20,21)(H,22,23)(H,24,25)(H,26,27);;;;;/q;5*+1/p-5. The Hall–Kier alpha value is 2.23. The minimum atomic E-state index is -2.40. The predicted molar refractivity (Wildman–Crippen MR) is 74.0 cm³/mol. The van der Waals surface area contributed by atoms with Crippen LogP contribution in [-0.4, -0.2) is 72.5 Å². The molecule has 0 heterocycles. The number of carboxylic acid groups (broad SMARTS) is 5. The average Bonchev–Trinajstić information content (AvgIpc) is 2.47. The third-order valence-corrected chi connectivity index (χ3v) is 3.73. The number of carboxylic acids is 5. The Morgan fingerprint density at radius 2 is 1.09 bits per heavy atom. The predicted octanol–water partition coefficient (Wildman–Crippen LogP) is -24.1. The molecule has 0 fully saturated rings. The van der Waals surface area contributed by atoms with Crippen molar-refractivity contribution in [2.75, 3.05) is 26.2 Å². The van der Waals surface area contributed by atoms with Gasteiger partial charge in [0, 0.05) is 74.9 Å². The number of nitrogens with two attached hydrogens (primary N) is 1. The van der Waals surface area contributed by atoms with Crippen molar-refractivity contribution in [3.05, 3.63) is 0 Å². The molecule has 0 spiro atoms. The van der Waals surface area contributed by atoms with E-state index in [-0.39, 0.29) is 161 Å². The molecule has 13 nitrogen and oxygen atoms in total. The van der Waals surface area contributed by atoms with Crippen LogP contribution in [0.3, 0.4) is 0 Å². The fourth-order valence-corrected chi connectivity index (χ4v) is 2.81. The third kappa shape index (κ3) is 19.4. The summed E-state index contributed by atoms with van der Waals surface area (Å²) in [4.78, 5) is 56.0. The van der Waals surface area contributed by atoms with E-state index in [9.17, 15) is 49.5 Å². The second kappa shape index (κ2) is 24.9. The maximum atomic E-state index is 11.2. The van der Waals surface area contributed by atoms with Crippen LogP contribution in [0.2, 0.25) is 0 Å². The van der Waals surface area contributed by atoms with Crippen molar-refractivity contribution in [3.8, 4) is 0 Å². The maximum Gasteiger partial charge on any atom is 1.00 e. The van der Waals surface area contributed by atoms with Crippen LogP contribution in [0.15, 0.2) is 0 Å². The number of hydrogen-bond donors (Lipinski definition) is 2. The number of hydrogen-bond acceptors (Lipinski definition) is 13. The molecule has 0 saturated heterocycles. The average molecular weight is 503 g/mol. The zero-order valence-electron chi connectivity index (χ0n) is 19.1. The maximum absolute atomic E-state index is 11.2. The Morgan fingerprint density at radius 3 is 1.34 bits per heavy atom. The monoisotopic (exact) mass is 503 g/mol. The van der Waals surface area contributed by atoms with Crippen LogP contribution in [0.4, 0.5) is 0 Å². The Bertz CT molecular complexity index is 567. The second-order valence-electron chi connectivity index (χ2n) is 5.67. The van der Waals surface area contributed by atoms with Crippen molar-refractivity contribution in [2.24, 2.45) is 5.73 Å². The molecule has 32 heavy (non-hydrogen) atoms. The molecule has 0 aliphatic carbocycles. The van der Waals surface area contributed by atoms with Crippen LogP contribution in [-0.2, 0) is 24.0 Å². The Balaban J connectivity index is -0.000000338. The van der Waals surface area contributed by atoms with Gasteiger partial charge in [0.2, 0.25) is 0 Å². The van der Waals surface area contributed by atoms with Crippen molar-refractivity contribution in [2.45, 2.75) is 30.8 Å². The van der Waals surface area contributed by atoms with Gasteiger partial charge in [-0.25, -0.2) is 0 Å². The van der Waals surface area contributed by atoms with Gasteiger partial charge in [0.1, 0.15) is 0 Å². The molecule has 1 atom stereocenters. The van der Waals surface area contributed by atoms with Crippen LogP contribution in [0.5, 0.6) is 0 Å². The molecule has 154 valence electrons. The molecule has 0 aromatic rings. The minimum absolute atomic E-state index is 0. The van der Waals surface area contributed by atoms with Crippen LogP contribution in [0, 0.1) is 0 Å². The van der Waals surface area contributed by atoms with Gasteiger partial charge in [0.25, 0.3) is 0 Å². The first-order valence-corrected chi connectivity index (χ1v) is 7.62. The Morgan fingerprint density at radius 1 is 0.719 bits per heavy atom. The van der Waals surface area contributed by atoms with Gasteiger partial charge >= 0.3 is 148 Å². The summed E-state index contributed by atoms with van der Waals surface area (Å²) in [6.45, 7) is -2.69. The van der Waals surface area contributed by atoms with E-state index in [1.165, 1.54) is 0 Å². The zero-order valence-corrected chi connectivity index (χ0v) is 29.1. The number of rotatable bonds is 15.